The quantitative estimate of drug-likeness (QED) is 0.722. The first-order valence-electron chi connectivity index (χ1n) is 6.92. The average Bonchev–Trinajstić information content (AvgIpc) is 2.38. The van der Waals surface area contributed by atoms with Crippen LogP contribution in [-0.2, 0) is 31.7 Å². The van der Waals surface area contributed by atoms with Crippen molar-refractivity contribution in [3.63, 3.8) is 0 Å². The van der Waals surface area contributed by atoms with Crippen LogP contribution < -0.4 is 0 Å². The number of phosphoric acid groups is 1. The zero-order valence-electron chi connectivity index (χ0n) is 13.2. The Morgan fingerprint density at radius 3 is 1.67 bits per heavy atom. The summed E-state index contributed by atoms with van der Waals surface area (Å²) >= 11 is 0. The predicted octanol–water partition coefficient (Wildman–Crippen LogP) is 3.80. The molecule has 2 aliphatic heterocycles. The summed E-state index contributed by atoms with van der Waals surface area (Å²) in [5.41, 5.74) is -0.438. The van der Waals surface area contributed by atoms with E-state index < -0.39 is 21.3 Å². The largest absolute Gasteiger partial charge is 0.475 e. The second kappa shape index (κ2) is 5.72. The molecule has 0 aromatic heterocycles. The third-order valence-corrected chi connectivity index (χ3v) is 6.83. The van der Waals surface area contributed by atoms with Gasteiger partial charge in [0.15, 0.2) is 5.85 Å². The van der Waals surface area contributed by atoms with E-state index in [9.17, 15) is 9.13 Å². The molecule has 0 bridgehead atoms. The minimum atomic E-state index is -3.72. The van der Waals surface area contributed by atoms with E-state index in [0.29, 0.717) is 0 Å². The molecule has 0 aromatic rings. The lowest BCUT2D eigenvalue weighted by molar-refractivity contribution is -0.0128. The van der Waals surface area contributed by atoms with Crippen molar-refractivity contribution in [2.75, 3.05) is 26.4 Å². The summed E-state index contributed by atoms with van der Waals surface area (Å²) in [5, 5.41) is 0. The Morgan fingerprint density at radius 1 is 0.857 bits per heavy atom. The Hall–Kier alpha value is 0.260. The molecule has 21 heavy (non-hydrogen) atoms. The van der Waals surface area contributed by atoms with Gasteiger partial charge in [0, 0.05) is 10.8 Å². The van der Waals surface area contributed by atoms with Crippen LogP contribution in [0.25, 0.3) is 0 Å². The Bertz CT molecular complexity index is 460. The highest BCUT2D eigenvalue weighted by atomic mass is 31.2. The predicted molar refractivity (Wildman–Crippen MR) is 77.1 cm³/mol. The van der Waals surface area contributed by atoms with Crippen molar-refractivity contribution >= 4 is 15.4 Å². The van der Waals surface area contributed by atoms with E-state index in [1.807, 2.05) is 27.7 Å². The van der Waals surface area contributed by atoms with Crippen LogP contribution in [0.5, 0.6) is 0 Å². The van der Waals surface area contributed by atoms with Gasteiger partial charge in [-0.05, 0) is 6.92 Å². The van der Waals surface area contributed by atoms with Gasteiger partial charge in [-0.15, -0.1) is 0 Å². The number of hydrogen-bond acceptors (Lipinski definition) is 7. The molecule has 2 aliphatic rings. The van der Waals surface area contributed by atoms with E-state index in [1.54, 1.807) is 0 Å². The van der Waals surface area contributed by atoms with Crippen molar-refractivity contribution in [1.82, 2.24) is 0 Å². The lowest BCUT2D eigenvalue weighted by Crippen LogP contribution is -2.33. The second-order valence-electron chi connectivity index (χ2n) is 7.11. The van der Waals surface area contributed by atoms with Crippen molar-refractivity contribution in [3.8, 4) is 0 Å². The van der Waals surface area contributed by atoms with E-state index >= 15 is 0 Å². The van der Waals surface area contributed by atoms with E-state index in [2.05, 4.69) is 0 Å². The van der Waals surface area contributed by atoms with Gasteiger partial charge in [-0.25, -0.2) is 4.57 Å². The van der Waals surface area contributed by atoms with Crippen molar-refractivity contribution in [1.29, 1.82) is 0 Å². The smallest absolute Gasteiger partial charge is 0.306 e. The van der Waals surface area contributed by atoms with Crippen LogP contribution in [0.4, 0.5) is 0 Å². The highest BCUT2D eigenvalue weighted by Crippen LogP contribution is 2.64. The first kappa shape index (κ1) is 17.6. The minimum Gasteiger partial charge on any atom is -0.306 e. The SMILES string of the molecule is CC(OP1(=O)OCC(C)(C)CO1)P1(=O)OCC(C)(C)CO1. The highest BCUT2D eigenvalue weighted by Gasteiger charge is 2.47. The van der Waals surface area contributed by atoms with Gasteiger partial charge in [-0.1, -0.05) is 27.7 Å². The highest BCUT2D eigenvalue weighted by molar-refractivity contribution is 7.56. The first-order chi connectivity index (χ1) is 9.46. The molecule has 7 nitrogen and oxygen atoms in total. The monoisotopic (exact) mass is 342 g/mol. The molecular formula is C12H24O7P2. The van der Waals surface area contributed by atoms with E-state index in [1.165, 1.54) is 6.92 Å². The molecule has 1 unspecified atom stereocenters. The van der Waals surface area contributed by atoms with Crippen molar-refractivity contribution in [3.05, 3.63) is 0 Å². The fourth-order valence-corrected chi connectivity index (χ4v) is 5.66. The summed E-state index contributed by atoms with van der Waals surface area (Å²) in [5.74, 6) is -1.01. The number of rotatable bonds is 3. The first-order valence-corrected chi connectivity index (χ1v) is 9.99. The molecule has 1 atom stereocenters. The zero-order chi connectivity index (χ0) is 15.9. The molecule has 0 saturated carbocycles. The van der Waals surface area contributed by atoms with Gasteiger partial charge in [-0.2, -0.15) is 0 Å². The van der Waals surface area contributed by atoms with Crippen molar-refractivity contribution in [2.24, 2.45) is 10.8 Å². The topological polar surface area (TPSA) is 80.3 Å². The summed E-state index contributed by atoms with van der Waals surface area (Å²) in [6.07, 6.45) is 0. The van der Waals surface area contributed by atoms with Crippen LogP contribution in [0.15, 0.2) is 0 Å². The van der Waals surface area contributed by atoms with Crippen LogP contribution in [0.3, 0.4) is 0 Å². The standard InChI is InChI=1S/C12H24O7P2/c1-10(20(13)15-6-11(2,3)7-16-20)19-21(14)17-8-12(4,5)9-18-21/h10H,6-9H2,1-5H3. The molecule has 9 heteroatoms. The maximum atomic E-state index is 12.6. The molecule has 0 N–H and O–H groups in total. The number of hydrogen-bond donors (Lipinski definition) is 0. The van der Waals surface area contributed by atoms with Crippen molar-refractivity contribution in [2.45, 2.75) is 40.5 Å². The van der Waals surface area contributed by atoms with Crippen LogP contribution in [0, 0.1) is 10.8 Å². The second-order valence-corrected chi connectivity index (χ2v) is 11.1. The van der Waals surface area contributed by atoms with Gasteiger partial charge in [0.2, 0.25) is 0 Å². The molecular weight excluding hydrogens is 318 g/mol. The van der Waals surface area contributed by atoms with Crippen molar-refractivity contribution < 1.29 is 31.7 Å². The molecule has 0 spiro atoms. The minimum absolute atomic E-state index is 0.209. The molecule has 124 valence electrons. The maximum Gasteiger partial charge on any atom is 0.475 e. The number of phosphoric ester groups is 1. The van der Waals surface area contributed by atoms with E-state index in [-0.39, 0.29) is 37.3 Å². The van der Waals surface area contributed by atoms with Gasteiger partial charge in [0.25, 0.3) is 0 Å². The van der Waals surface area contributed by atoms with Gasteiger partial charge in [0.1, 0.15) is 0 Å². The molecule has 0 amide bonds. The van der Waals surface area contributed by atoms with E-state index in [0.717, 1.165) is 0 Å². The summed E-state index contributed by atoms with van der Waals surface area (Å²) in [7, 11) is -7.20. The molecule has 0 aromatic carbocycles. The molecule has 2 rings (SSSR count). The Balaban J connectivity index is 1.97. The Morgan fingerprint density at radius 2 is 1.24 bits per heavy atom. The summed E-state index contributed by atoms with van der Waals surface area (Å²) < 4.78 is 51.3. The van der Waals surface area contributed by atoms with Crippen LogP contribution in [0.2, 0.25) is 0 Å². The van der Waals surface area contributed by atoms with Gasteiger partial charge in [0.05, 0.1) is 26.4 Å². The van der Waals surface area contributed by atoms with Gasteiger partial charge < -0.3 is 9.05 Å². The lowest BCUT2D eigenvalue weighted by Gasteiger charge is -2.38. The summed E-state index contributed by atoms with van der Waals surface area (Å²) in [4.78, 5) is 0. The summed E-state index contributed by atoms with van der Waals surface area (Å²) in [6.45, 7) is 10.3. The molecule has 2 fully saturated rings. The van der Waals surface area contributed by atoms with Gasteiger partial charge in [-0.3, -0.25) is 18.1 Å². The summed E-state index contributed by atoms with van der Waals surface area (Å²) in [6, 6.07) is 0. The molecule has 0 radical (unpaired) electrons. The Kier molecular flexibility index (Phi) is 4.79. The Labute approximate surface area is 125 Å². The molecule has 2 heterocycles. The fourth-order valence-electron chi connectivity index (χ4n) is 1.71. The van der Waals surface area contributed by atoms with Crippen LogP contribution in [0.1, 0.15) is 34.6 Å². The maximum absolute atomic E-state index is 12.6. The lowest BCUT2D eigenvalue weighted by atomic mass is 9.97. The van der Waals surface area contributed by atoms with Crippen LogP contribution >= 0.6 is 15.4 Å². The third kappa shape index (κ3) is 4.38. The molecule has 0 aliphatic carbocycles. The third-order valence-electron chi connectivity index (χ3n) is 3.22. The zero-order valence-corrected chi connectivity index (χ0v) is 14.9. The fraction of sp³-hybridized carbons (Fsp3) is 1.00. The normalized spacial score (nSPS) is 31.5. The average molecular weight is 342 g/mol. The van der Waals surface area contributed by atoms with Gasteiger partial charge >= 0.3 is 15.4 Å². The molecule has 2 saturated heterocycles. The van der Waals surface area contributed by atoms with Crippen LogP contribution in [-0.4, -0.2) is 32.3 Å². The van der Waals surface area contributed by atoms with E-state index in [4.69, 9.17) is 22.6 Å².